The molecule has 6 heteroatoms. The van der Waals surface area contributed by atoms with E-state index in [1.807, 2.05) is 6.07 Å². The summed E-state index contributed by atoms with van der Waals surface area (Å²) in [5.74, 6) is 1.31. The first kappa shape index (κ1) is 12.4. The number of benzene rings is 1. The second kappa shape index (κ2) is 4.80. The van der Waals surface area contributed by atoms with Crippen molar-refractivity contribution in [3.05, 3.63) is 57.8 Å². The van der Waals surface area contributed by atoms with Crippen LogP contribution in [0.1, 0.15) is 17.0 Å². The van der Waals surface area contributed by atoms with Gasteiger partial charge in [-0.05, 0) is 19.4 Å². The van der Waals surface area contributed by atoms with Crippen molar-refractivity contribution in [3.63, 3.8) is 0 Å². The Bertz CT molecular complexity index is 818. The van der Waals surface area contributed by atoms with Crippen molar-refractivity contribution >= 4 is 11.5 Å². The van der Waals surface area contributed by atoms with E-state index in [9.17, 15) is 4.79 Å². The highest BCUT2D eigenvalue weighted by atomic mass is 16.1. The largest absolute Gasteiger partial charge is 0.366 e. The molecular weight excluding hydrogens is 254 g/mol. The lowest BCUT2D eigenvalue weighted by Crippen LogP contribution is -2.14. The lowest BCUT2D eigenvalue weighted by molar-refractivity contribution is 0.931. The standard InChI is InChI=1S/C14H15N5O/c1-9-4-3-5-11(6-9)8-15-12-7-13-17-18-14(20)19(13)10(2)16-12/h3-7,15H,8H2,1-2H3,(H,18,20). The van der Waals surface area contributed by atoms with Gasteiger partial charge in [0, 0.05) is 12.6 Å². The van der Waals surface area contributed by atoms with Gasteiger partial charge in [0.05, 0.1) is 0 Å². The molecule has 0 saturated carbocycles. The van der Waals surface area contributed by atoms with Gasteiger partial charge >= 0.3 is 5.69 Å². The molecule has 0 fully saturated rings. The minimum Gasteiger partial charge on any atom is -0.366 e. The molecule has 0 unspecified atom stereocenters. The second-order valence-corrected chi connectivity index (χ2v) is 4.75. The summed E-state index contributed by atoms with van der Waals surface area (Å²) in [7, 11) is 0. The van der Waals surface area contributed by atoms with Crippen molar-refractivity contribution in [2.45, 2.75) is 20.4 Å². The van der Waals surface area contributed by atoms with Gasteiger partial charge in [-0.15, -0.1) is 0 Å². The fourth-order valence-corrected chi connectivity index (χ4v) is 2.20. The molecule has 0 spiro atoms. The molecule has 0 amide bonds. The molecule has 0 aliphatic carbocycles. The third kappa shape index (κ3) is 2.27. The van der Waals surface area contributed by atoms with Crippen LogP contribution in [0.15, 0.2) is 35.1 Å². The molecule has 2 aromatic heterocycles. The number of rotatable bonds is 3. The van der Waals surface area contributed by atoms with Gasteiger partial charge in [-0.1, -0.05) is 29.8 Å². The molecule has 6 nitrogen and oxygen atoms in total. The number of H-pyrrole nitrogens is 1. The van der Waals surface area contributed by atoms with Crippen molar-refractivity contribution in [3.8, 4) is 0 Å². The van der Waals surface area contributed by atoms with Gasteiger partial charge in [0.15, 0.2) is 5.65 Å². The first-order valence-corrected chi connectivity index (χ1v) is 6.38. The van der Waals surface area contributed by atoms with Gasteiger partial charge in [0.25, 0.3) is 0 Å². The van der Waals surface area contributed by atoms with E-state index in [1.165, 1.54) is 15.5 Å². The second-order valence-electron chi connectivity index (χ2n) is 4.75. The smallest absolute Gasteiger partial charge is 0.349 e. The molecule has 0 aliphatic heterocycles. The third-order valence-corrected chi connectivity index (χ3v) is 3.13. The maximum Gasteiger partial charge on any atom is 0.349 e. The zero-order valence-corrected chi connectivity index (χ0v) is 11.3. The maximum atomic E-state index is 11.5. The molecule has 2 N–H and O–H groups in total. The Morgan fingerprint density at radius 2 is 2.15 bits per heavy atom. The van der Waals surface area contributed by atoms with Gasteiger partial charge in [0.1, 0.15) is 11.6 Å². The number of anilines is 1. The van der Waals surface area contributed by atoms with Crippen LogP contribution >= 0.6 is 0 Å². The van der Waals surface area contributed by atoms with Crippen molar-refractivity contribution in [2.24, 2.45) is 0 Å². The van der Waals surface area contributed by atoms with E-state index < -0.39 is 0 Å². The van der Waals surface area contributed by atoms with Gasteiger partial charge in [-0.25, -0.2) is 19.3 Å². The van der Waals surface area contributed by atoms with E-state index in [-0.39, 0.29) is 5.69 Å². The Morgan fingerprint density at radius 3 is 2.95 bits per heavy atom. The van der Waals surface area contributed by atoms with Gasteiger partial charge in [-0.2, -0.15) is 5.10 Å². The summed E-state index contributed by atoms with van der Waals surface area (Å²) in [6, 6.07) is 10.0. The minimum atomic E-state index is -0.268. The fourth-order valence-electron chi connectivity index (χ4n) is 2.20. The monoisotopic (exact) mass is 269 g/mol. The van der Waals surface area contributed by atoms with Crippen LogP contribution in [-0.2, 0) is 6.54 Å². The number of hydrogen-bond donors (Lipinski definition) is 2. The number of aromatic nitrogens is 4. The number of aromatic amines is 1. The SMILES string of the molecule is Cc1cccc(CNc2cc3n[nH]c(=O)n3c(C)n2)c1. The van der Waals surface area contributed by atoms with Crippen molar-refractivity contribution < 1.29 is 0 Å². The van der Waals surface area contributed by atoms with Gasteiger partial charge in [0.2, 0.25) is 0 Å². The molecule has 0 atom stereocenters. The Morgan fingerprint density at radius 1 is 1.30 bits per heavy atom. The average Bonchev–Trinajstić information content (AvgIpc) is 2.79. The van der Waals surface area contributed by atoms with E-state index in [1.54, 1.807) is 13.0 Å². The first-order valence-electron chi connectivity index (χ1n) is 6.38. The molecule has 3 aromatic rings. The molecule has 0 saturated heterocycles. The first-order chi connectivity index (χ1) is 9.63. The van der Waals surface area contributed by atoms with E-state index in [4.69, 9.17) is 0 Å². The van der Waals surface area contributed by atoms with Crippen LogP contribution in [0.5, 0.6) is 0 Å². The summed E-state index contributed by atoms with van der Waals surface area (Å²) in [5, 5.41) is 9.62. The van der Waals surface area contributed by atoms with Crippen LogP contribution in [0.25, 0.3) is 5.65 Å². The number of hydrogen-bond acceptors (Lipinski definition) is 4. The molecule has 20 heavy (non-hydrogen) atoms. The lowest BCUT2D eigenvalue weighted by atomic mass is 10.1. The van der Waals surface area contributed by atoms with E-state index in [0.29, 0.717) is 23.8 Å². The quantitative estimate of drug-likeness (QED) is 0.758. The van der Waals surface area contributed by atoms with Gasteiger partial charge < -0.3 is 5.32 Å². The summed E-state index contributed by atoms with van der Waals surface area (Å²) in [5.41, 5.74) is 2.70. The van der Waals surface area contributed by atoms with Crippen LogP contribution in [0.2, 0.25) is 0 Å². The Labute approximate surface area is 115 Å². The lowest BCUT2D eigenvalue weighted by Gasteiger charge is -2.07. The van der Waals surface area contributed by atoms with E-state index in [0.717, 1.165) is 0 Å². The van der Waals surface area contributed by atoms with Crippen LogP contribution in [0.4, 0.5) is 5.82 Å². The Balaban J connectivity index is 1.86. The molecule has 0 bridgehead atoms. The van der Waals surface area contributed by atoms with Gasteiger partial charge in [-0.3, -0.25) is 0 Å². The van der Waals surface area contributed by atoms with Crippen molar-refractivity contribution in [2.75, 3.05) is 5.32 Å². The van der Waals surface area contributed by atoms with Crippen molar-refractivity contribution in [1.82, 2.24) is 19.6 Å². The third-order valence-electron chi connectivity index (χ3n) is 3.13. The summed E-state index contributed by atoms with van der Waals surface area (Å²) < 4.78 is 1.44. The van der Waals surface area contributed by atoms with Crippen LogP contribution in [-0.4, -0.2) is 19.6 Å². The number of nitrogens with zero attached hydrogens (tertiary/aromatic N) is 3. The Hall–Kier alpha value is -2.63. The molecule has 2 heterocycles. The number of nitrogens with one attached hydrogen (secondary N) is 2. The average molecular weight is 269 g/mol. The normalized spacial score (nSPS) is 10.9. The zero-order valence-electron chi connectivity index (χ0n) is 11.3. The summed E-state index contributed by atoms with van der Waals surface area (Å²) in [4.78, 5) is 15.9. The molecule has 3 rings (SSSR count). The fraction of sp³-hybridized carbons (Fsp3) is 0.214. The summed E-state index contributed by atoms with van der Waals surface area (Å²) in [6.07, 6.45) is 0. The van der Waals surface area contributed by atoms with Crippen molar-refractivity contribution in [1.29, 1.82) is 0 Å². The maximum absolute atomic E-state index is 11.5. The zero-order chi connectivity index (χ0) is 14.1. The van der Waals surface area contributed by atoms with E-state index in [2.05, 4.69) is 45.6 Å². The van der Waals surface area contributed by atoms with E-state index >= 15 is 0 Å². The molecular formula is C14H15N5O. The summed E-state index contributed by atoms with van der Waals surface area (Å²) >= 11 is 0. The number of aryl methyl sites for hydroxylation is 2. The summed E-state index contributed by atoms with van der Waals surface area (Å²) in [6.45, 7) is 4.52. The topological polar surface area (TPSA) is 75.1 Å². The predicted octanol–water partition coefficient (Wildman–Crippen LogP) is 1.65. The highest BCUT2D eigenvalue weighted by Gasteiger charge is 2.06. The molecule has 1 aromatic carbocycles. The molecule has 0 aliphatic rings. The highest BCUT2D eigenvalue weighted by molar-refractivity contribution is 5.49. The Kier molecular flexibility index (Phi) is 2.98. The van der Waals surface area contributed by atoms with Crippen LogP contribution in [0.3, 0.4) is 0 Å². The van der Waals surface area contributed by atoms with Crippen LogP contribution in [0, 0.1) is 13.8 Å². The predicted molar refractivity (Wildman–Crippen MR) is 76.9 cm³/mol. The minimum absolute atomic E-state index is 0.268. The van der Waals surface area contributed by atoms with Crippen LogP contribution < -0.4 is 11.0 Å². The molecule has 102 valence electrons. The molecule has 0 radical (unpaired) electrons. The number of fused-ring (bicyclic) bond motifs is 1. The highest BCUT2D eigenvalue weighted by Crippen LogP contribution is 2.10.